The van der Waals surface area contributed by atoms with Gasteiger partial charge in [0.15, 0.2) is 0 Å². The molecule has 1 unspecified atom stereocenters. The van der Waals surface area contributed by atoms with E-state index in [1.165, 1.54) is 12.3 Å². The average molecular weight is 253 g/mol. The molecule has 1 aromatic rings. The number of pyridine rings is 1. The summed E-state index contributed by atoms with van der Waals surface area (Å²) in [6.07, 6.45) is 5.22. The van der Waals surface area contributed by atoms with Gasteiger partial charge in [-0.1, -0.05) is 0 Å². The molecular formula is C12H15NO3S. The fraction of sp³-hybridized carbons (Fsp3) is 0.500. The molecule has 17 heavy (non-hydrogen) atoms. The predicted molar refractivity (Wildman–Crippen MR) is 65.5 cm³/mol. The van der Waals surface area contributed by atoms with E-state index in [2.05, 4.69) is 4.98 Å². The van der Waals surface area contributed by atoms with E-state index in [-0.39, 0.29) is 0 Å². The van der Waals surface area contributed by atoms with Gasteiger partial charge < -0.3 is 9.84 Å². The summed E-state index contributed by atoms with van der Waals surface area (Å²) in [5, 5.41) is 9.62. The molecular weight excluding hydrogens is 238 g/mol. The second-order valence-corrected chi connectivity index (χ2v) is 5.08. The number of hydrogen-bond donors (Lipinski definition) is 1. The molecule has 92 valence electrons. The minimum atomic E-state index is -0.909. The molecule has 1 aliphatic heterocycles. The summed E-state index contributed by atoms with van der Waals surface area (Å²) >= 11 is 1.58. The first-order chi connectivity index (χ1) is 8.25. The van der Waals surface area contributed by atoms with Crippen LogP contribution in [0.5, 0.6) is 0 Å². The van der Waals surface area contributed by atoms with Crippen molar-refractivity contribution < 1.29 is 14.6 Å². The van der Waals surface area contributed by atoms with E-state index in [0.29, 0.717) is 11.7 Å². The van der Waals surface area contributed by atoms with Crippen molar-refractivity contribution in [3.8, 4) is 0 Å². The first-order valence-corrected chi connectivity index (χ1v) is 6.68. The van der Waals surface area contributed by atoms with Gasteiger partial charge in [-0.25, -0.2) is 9.78 Å². The van der Waals surface area contributed by atoms with Crippen LogP contribution in [0.4, 0.5) is 0 Å². The molecule has 1 saturated heterocycles. The van der Waals surface area contributed by atoms with Gasteiger partial charge in [0, 0.05) is 18.6 Å². The van der Waals surface area contributed by atoms with Crippen molar-refractivity contribution in [1.82, 2.24) is 4.98 Å². The predicted octanol–water partition coefficient (Wildman–Crippen LogP) is 2.44. The fourth-order valence-corrected chi connectivity index (χ4v) is 2.72. The SMILES string of the molecule is O=C(O)c1ccnc(SCCC2CCCO2)c1. The van der Waals surface area contributed by atoms with Crippen LogP contribution in [0.25, 0.3) is 0 Å². The Morgan fingerprint density at radius 2 is 2.53 bits per heavy atom. The highest BCUT2D eigenvalue weighted by Gasteiger charge is 2.15. The maximum absolute atomic E-state index is 10.8. The molecule has 2 rings (SSSR count). The van der Waals surface area contributed by atoms with Crippen LogP contribution in [0, 0.1) is 0 Å². The lowest BCUT2D eigenvalue weighted by Crippen LogP contribution is -2.05. The van der Waals surface area contributed by atoms with Crippen LogP contribution >= 0.6 is 11.8 Å². The van der Waals surface area contributed by atoms with E-state index >= 15 is 0 Å². The van der Waals surface area contributed by atoms with Crippen LogP contribution in [0.15, 0.2) is 23.4 Å². The summed E-state index contributed by atoms with van der Waals surface area (Å²) in [7, 11) is 0. The van der Waals surface area contributed by atoms with E-state index in [0.717, 1.165) is 36.6 Å². The van der Waals surface area contributed by atoms with Gasteiger partial charge in [-0.15, -0.1) is 11.8 Å². The summed E-state index contributed by atoms with van der Waals surface area (Å²) in [5.41, 5.74) is 0.291. The van der Waals surface area contributed by atoms with Crippen LogP contribution in [0.3, 0.4) is 0 Å². The highest BCUT2D eigenvalue weighted by Crippen LogP contribution is 2.22. The topological polar surface area (TPSA) is 59.4 Å². The Balaban J connectivity index is 1.81. The third kappa shape index (κ3) is 3.71. The second-order valence-electron chi connectivity index (χ2n) is 3.96. The molecule has 1 N–H and O–H groups in total. The summed E-state index contributed by atoms with van der Waals surface area (Å²) < 4.78 is 5.52. The Morgan fingerprint density at radius 3 is 3.24 bits per heavy atom. The van der Waals surface area contributed by atoms with Gasteiger partial charge in [0.1, 0.15) is 0 Å². The van der Waals surface area contributed by atoms with E-state index in [1.807, 2.05) is 0 Å². The van der Waals surface area contributed by atoms with Crippen molar-refractivity contribution in [2.24, 2.45) is 0 Å². The first-order valence-electron chi connectivity index (χ1n) is 5.69. The number of nitrogens with zero attached hydrogens (tertiary/aromatic N) is 1. The second kappa shape index (κ2) is 6.02. The van der Waals surface area contributed by atoms with E-state index in [1.54, 1.807) is 17.8 Å². The number of carbonyl (C=O) groups is 1. The number of rotatable bonds is 5. The standard InChI is InChI=1S/C12H15NO3S/c14-12(15)9-3-5-13-11(8-9)17-7-4-10-2-1-6-16-10/h3,5,8,10H,1-2,4,6-7H2,(H,14,15). The number of carboxylic acid groups (broad SMARTS) is 1. The Morgan fingerprint density at radius 1 is 1.65 bits per heavy atom. The normalized spacial score (nSPS) is 19.4. The number of aromatic nitrogens is 1. The molecule has 0 aliphatic carbocycles. The van der Waals surface area contributed by atoms with Gasteiger partial charge in [0.05, 0.1) is 16.7 Å². The summed E-state index contributed by atoms with van der Waals surface area (Å²) in [5.74, 6) is 0.00849. The lowest BCUT2D eigenvalue weighted by molar-refractivity contribution is 0.0696. The van der Waals surface area contributed by atoms with Gasteiger partial charge in [-0.05, 0) is 31.4 Å². The largest absolute Gasteiger partial charge is 0.478 e. The minimum Gasteiger partial charge on any atom is -0.478 e. The van der Waals surface area contributed by atoms with Gasteiger partial charge in [0.2, 0.25) is 0 Å². The molecule has 0 amide bonds. The third-order valence-electron chi connectivity index (χ3n) is 2.70. The highest BCUT2D eigenvalue weighted by molar-refractivity contribution is 7.99. The molecule has 1 fully saturated rings. The highest BCUT2D eigenvalue weighted by atomic mass is 32.2. The van der Waals surface area contributed by atoms with E-state index in [4.69, 9.17) is 9.84 Å². The monoisotopic (exact) mass is 253 g/mol. The molecule has 2 heterocycles. The van der Waals surface area contributed by atoms with Crippen LogP contribution in [0.1, 0.15) is 29.6 Å². The minimum absolute atomic E-state index is 0.291. The summed E-state index contributed by atoms with van der Waals surface area (Å²) in [4.78, 5) is 14.9. The smallest absolute Gasteiger partial charge is 0.335 e. The molecule has 4 nitrogen and oxygen atoms in total. The number of ether oxygens (including phenoxy) is 1. The van der Waals surface area contributed by atoms with Crippen molar-refractivity contribution in [2.45, 2.75) is 30.4 Å². The fourth-order valence-electron chi connectivity index (χ4n) is 1.79. The molecule has 0 saturated carbocycles. The average Bonchev–Trinajstić information content (AvgIpc) is 2.82. The van der Waals surface area contributed by atoms with Crippen LogP contribution < -0.4 is 0 Å². The lowest BCUT2D eigenvalue weighted by Gasteiger charge is -2.08. The molecule has 1 aromatic heterocycles. The van der Waals surface area contributed by atoms with Crippen LogP contribution in [-0.2, 0) is 4.74 Å². The molecule has 0 spiro atoms. The lowest BCUT2D eigenvalue weighted by atomic mass is 10.2. The first kappa shape index (κ1) is 12.4. The number of hydrogen-bond acceptors (Lipinski definition) is 4. The maximum atomic E-state index is 10.8. The Hall–Kier alpha value is -1.07. The Labute approximate surface area is 104 Å². The molecule has 0 aromatic carbocycles. The molecule has 1 aliphatic rings. The van der Waals surface area contributed by atoms with Crippen molar-refractivity contribution >= 4 is 17.7 Å². The number of aromatic carboxylic acids is 1. The van der Waals surface area contributed by atoms with Crippen molar-refractivity contribution in [2.75, 3.05) is 12.4 Å². The van der Waals surface area contributed by atoms with Crippen LogP contribution in [-0.4, -0.2) is 34.5 Å². The zero-order valence-corrected chi connectivity index (χ0v) is 10.3. The number of thioether (sulfide) groups is 1. The van der Waals surface area contributed by atoms with Gasteiger partial charge in [-0.3, -0.25) is 0 Å². The molecule has 0 bridgehead atoms. The molecule has 0 radical (unpaired) electrons. The third-order valence-corrected chi connectivity index (χ3v) is 3.65. The quantitative estimate of drug-likeness (QED) is 0.817. The van der Waals surface area contributed by atoms with E-state index < -0.39 is 5.97 Å². The van der Waals surface area contributed by atoms with Crippen molar-refractivity contribution in [3.63, 3.8) is 0 Å². The number of carboxylic acids is 1. The molecule has 1 atom stereocenters. The van der Waals surface area contributed by atoms with E-state index in [9.17, 15) is 4.79 Å². The van der Waals surface area contributed by atoms with Gasteiger partial charge in [0.25, 0.3) is 0 Å². The Kier molecular flexibility index (Phi) is 4.39. The van der Waals surface area contributed by atoms with Gasteiger partial charge in [-0.2, -0.15) is 0 Å². The van der Waals surface area contributed by atoms with Crippen molar-refractivity contribution in [1.29, 1.82) is 0 Å². The maximum Gasteiger partial charge on any atom is 0.335 e. The Bertz CT molecular complexity index is 391. The zero-order valence-electron chi connectivity index (χ0n) is 9.46. The summed E-state index contributed by atoms with van der Waals surface area (Å²) in [6.45, 7) is 0.877. The molecule has 5 heteroatoms. The van der Waals surface area contributed by atoms with Crippen molar-refractivity contribution in [3.05, 3.63) is 23.9 Å². The summed E-state index contributed by atoms with van der Waals surface area (Å²) in [6, 6.07) is 3.12. The van der Waals surface area contributed by atoms with Crippen LogP contribution in [0.2, 0.25) is 0 Å². The zero-order chi connectivity index (χ0) is 12.1. The van der Waals surface area contributed by atoms with Gasteiger partial charge >= 0.3 is 5.97 Å².